The number of hydrogen-bond donors (Lipinski definition) is 0. The van der Waals surface area contributed by atoms with Crippen molar-refractivity contribution < 1.29 is 96.1 Å². The molecule has 5 heavy (non-hydrogen) atoms. The van der Waals surface area contributed by atoms with Crippen molar-refractivity contribution in [3.63, 3.8) is 0 Å². The van der Waals surface area contributed by atoms with Gasteiger partial charge < -0.3 is 0 Å². The van der Waals surface area contributed by atoms with Crippen molar-refractivity contribution >= 4 is 6.66 Å². The normalized spacial score (nSPS) is 1.20. The standard InChI is InChI=1S/BH2.Cu.Fe.Nb.Nd/h1H2;;;;/q+1;-1;;;. The first-order valence-corrected chi connectivity index (χ1v) is 1.24. The van der Waals surface area contributed by atoms with E-state index in [1.807, 2.05) is 0 Å². The van der Waals surface area contributed by atoms with Gasteiger partial charge in [0.15, 0.2) is 0 Å². The molecule has 1 radical (unpaired) electrons. The molecule has 0 aromatic heterocycles. The topological polar surface area (TPSA) is 0 Å². The van der Waals surface area contributed by atoms with E-state index in [2.05, 4.69) is 15.8 Å². The van der Waals surface area contributed by atoms with E-state index in [0.29, 0.717) is 0 Å². The molecule has 0 saturated heterocycles. The van der Waals surface area contributed by atoms with Crippen LogP contribution in [0.1, 0.15) is 0 Å². The second-order valence-corrected chi connectivity index (χ2v) is 0. The van der Waals surface area contributed by atoms with Crippen LogP contribution in [0.25, 0.3) is 0 Å². The van der Waals surface area contributed by atoms with E-state index >= 15 is 0 Å². The second-order valence-electron chi connectivity index (χ2n) is 0. The summed E-state index contributed by atoms with van der Waals surface area (Å²) in [6, 6.07) is 0. The van der Waals surface area contributed by atoms with Crippen LogP contribution >= 0.6 is 0 Å². The van der Waals surface area contributed by atoms with Crippen molar-refractivity contribution in [2.45, 2.75) is 0 Å². The quantitative estimate of drug-likeness (QED) is 0.485. The Labute approximate surface area is 101 Å². The molecule has 0 aromatic carbocycles. The van der Waals surface area contributed by atoms with Crippen LogP contribution in [0, 0.1) is 40.8 Å². The zero-order valence-electron chi connectivity index (χ0n) is 2.60. The van der Waals surface area contributed by atoms with Gasteiger partial charge in [-0.15, -0.1) is 0 Å². The van der Waals surface area contributed by atoms with Crippen molar-refractivity contribution in [1.82, 2.24) is 0 Å². The Morgan fingerprint density at radius 1 is 1.20 bits per heavy atom. The Morgan fingerprint density at radius 2 is 1.20 bits per heavy atom. The van der Waals surface area contributed by atoms with Gasteiger partial charge >= 0.3 is 22.5 Å². The molecule has 0 aromatic rings. The second kappa shape index (κ2) is 27.1. The fourth-order valence-corrected chi connectivity index (χ4v) is 0. The molecule has 0 atom stereocenters. The fourth-order valence-electron chi connectivity index (χ4n) is 0. The molecule has 0 heterocycles. The Bertz CT molecular complexity index is 11.6. The van der Waals surface area contributed by atoms with E-state index in [9.17, 15) is 0 Å². The average Bonchev–Trinajstić information content (AvgIpc) is 1.00. The minimum absolute atomic E-state index is 0. The molecule has 0 nitrogen and oxygen atoms in total. The molecular formula is H2BCuFeNbNd. The van der Waals surface area contributed by atoms with Crippen LogP contribution in [0.3, 0.4) is 0 Å². The van der Waals surface area contributed by atoms with Gasteiger partial charge in [-0.1, -0.05) is 0 Å². The van der Waals surface area contributed by atoms with Crippen molar-refractivity contribution in [1.29, 1.82) is 0 Å². The van der Waals surface area contributed by atoms with Crippen molar-refractivity contribution in [3.05, 3.63) is 0 Å². The summed E-state index contributed by atoms with van der Waals surface area (Å²) in [5.41, 5.74) is 0. The third kappa shape index (κ3) is 19.0. The van der Waals surface area contributed by atoms with Crippen LogP contribution in [-0.2, 0) is 55.3 Å². The Kier molecular flexibility index (Phi) is 130. The molecule has 0 aliphatic rings. The van der Waals surface area contributed by atoms with Crippen LogP contribution in [-0.4, -0.2) is 6.66 Å². The molecule has 0 aliphatic carbocycles. The van der Waals surface area contributed by atoms with Crippen LogP contribution in [0.15, 0.2) is 0 Å². The third-order valence-electron chi connectivity index (χ3n) is 0. The molecule has 0 rings (SSSR count). The molecule has 0 fully saturated rings. The average molecular weight is 369 g/mol. The van der Waals surface area contributed by atoms with Gasteiger partial charge in [-0.3, -0.25) is 0 Å². The summed E-state index contributed by atoms with van der Waals surface area (Å²) in [6.07, 6.45) is 0. The summed E-state index contributed by atoms with van der Waals surface area (Å²) in [6.45, 7) is 1.56. The monoisotopic (exact) mass is 367 g/mol. The Balaban J connectivity index is -0.00000000167. The predicted octanol–water partition coefficient (Wildman–Crippen LogP) is -0.924. The maximum Gasteiger partial charge on any atom is 0 e. The smallest absolute Gasteiger partial charge is 0 e. The molecule has 0 N–H and O–H groups in total. The van der Waals surface area contributed by atoms with E-state index in [-0.39, 0.29) is 80.3 Å². The van der Waals surface area contributed by atoms with E-state index in [1.54, 1.807) is 6.66 Å². The maximum atomic E-state index is 4.19. The molecule has 5 heteroatoms. The molecule has 33 valence electrons. The molecule has 0 aliphatic heterocycles. The van der Waals surface area contributed by atoms with Gasteiger partial charge in [0.1, 0.15) is 0 Å². The van der Waals surface area contributed by atoms with E-state index < -0.39 is 0 Å². The van der Waals surface area contributed by atoms with Crippen molar-refractivity contribution in [2.24, 2.45) is 0 Å². The summed E-state index contributed by atoms with van der Waals surface area (Å²) in [4.78, 5) is 0. The first-order valence-electron chi connectivity index (χ1n) is 0.302. The SMILES string of the molecule is [BH2][Cu].[Fe].[Nb].[Nd]. The Hall–Kier alpha value is 3.19. The van der Waals surface area contributed by atoms with Crippen LogP contribution < -0.4 is 0 Å². The van der Waals surface area contributed by atoms with Gasteiger partial charge in [0.05, 0.1) is 0 Å². The molecular weight excluding hydrogens is 367 g/mol. The number of rotatable bonds is 0. The van der Waals surface area contributed by atoms with Gasteiger partial charge in [-0.2, -0.15) is 0 Å². The van der Waals surface area contributed by atoms with E-state index in [0.717, 1.165) is 0 Å². The molecule has 0 bridgehead atoms. The van der Waals surface area contributed by atoms with Crippen LogP contribution in [0.2, 0.25) is 0 Å². The largest absolute Gasteiger partial charge is 0 e. The van der Waals surface area contributed by atoms with E-state index in [1.165, 1.54) is 0 Å². The summed E-state index contributed by atoms with van der Waals surface area (Å²) in [7, 11) is 0. The molecule has 0 amide bonds. The number of hydrogen-bond acceptors (Lipinski definition) is 0. The van der Waals surface area contributed by atoms with Gasteiger partial charge in [0, 0.05) is 80.3 Å². The first kappa shape index (κ1) is 24.1. The Morgan fingerprint density at radius 3 is 1.20 bits per heavy atom. The van der Waals surface area contributed by atoms with Gasteiger partial charge in [-0.25, -0.2) is 0 Å². The minimum atomic E-state index is 0. The molecule has 0 unspecified atom stereocenters. The zero-order chi connectivity index (χ0) is 2.00. The summed E-state index contributed by atoms with van der Waals surface area (Å²) >= 11 is 4.19. The van der Waals surface area contributed by atoms with Crippen molar-refractivity contribution in [2.75, 3.05) is 0 Å². The summed E-state index contributed by atoms with van der Waals surface area (Å²) in [5, 5.41) is 0. The van der Waals surface area contributed by atoms with Crippen molar-refractivity contribution in [3.8, 4) is 0 Å². The van der Waals surface area contributed by atoms with Crippen LogP contribution in [0.5, 0.6) is 0 Å². The summed E-state index contributed by atoms with van der Waals surface area (Å²) < 4.78 is 0. The zero-order valence-corrected chi connectivity index (χ0v) is 10.1. The van der Waals surface area contributed by atoms with Gasteiger partial charge in [0.2, 0.25) is 0 Å². The first-order chi connectivity index (χ1) is 1.00. The predicted molar refractivity (Wildman–Crippen MR) is 8.54 cm³/mol. The van der Waals surface area contributed by atoms with Crippen LogP contribution in [0.4, 0.5) is 0 Å². The van der Waals surface area contributed by atoms with E-state index in [4.69, 9.17) is 0 Å². The fraction of sp³-hybridized carbons (Fsp3) is 0. The molecule has 0 saturated carbocycles. The third-order valence-corrected chi connectivity index (χ3v) is 0. The minimum Gasteiger partial charge on any atom is 0 e. The molecule has 0 spiro atoms. The van der Waals surface area contributed by atoms with Gasteiger partial charge in [-0.05, 0) is 0 Å². The maximum absolute atomic E-state index is 4.19. The van der Waals surface area contributed by atoms with Gasteiger partial charge in [0.25, 0.3) is 0 Å². The summed E-state index contributed by atoms with van der Waals surface area (Å²) in [5.74, 6) is 0.